The first kappa shape index (κ1) is 6.96. The van der Waals surface area contributed by atoms with Crippen molar-refractivity contribution in [1.29, 1.82) is 0 Å². The topological polar surface area (TPSA) is 15.8 Å². The molecule has 1 heteroatoms. The van der Waals surface area contributed by atoms with Gasteiger partial charge in [0.15, 0.2) is 0 Å². The summed E-state index contributed by atoms with van der Waals surface area (Å²) in [4.78, 5) is 3.46. The molecule has 1 aromatic carbocycles. The summed E-state index contributed by atoms with van der Waals surface area (Å²) in [6.07, 6.45) is 6.81. The maximum absolute atomic E-state index is 3.46. The molecule has 0 fully saturated rings. The molecule has 0 bridgehead atoms. The highest BCUT2D eigenvalue weighted by Crippen LogP contribution is 2.27. The average Bonchev–Trinajstić information content (AvgIpc) is 2.56. The molecule has 1 nitrogen and oxygen atoms in total. The molecule has 1 N–H and O–H groups in total. The van der Waals surface area contributed by atoms with Crippen molar-refractivity contribution in [3.8, 4) is 0 Å². The van der Waals surface area contributed by atoms with E-state index in [-0.39, 0.29) is 1.43 Å². The van der Waals surface area contributed by atoms with E-state index in [1.54, 1.807) is 0 Å². The number of fused-ring (bicyclic) bond motifs is 3. The Bertz CT molecular complexity index is 482. The van der Waals surface area contributed by atoms with Crippen LogP contribution in [0.4, 0.5) is 0 Å². The Balaban J connectivity index is 0.000000750. The standard InChI is InChI=1S/C12H11N.H2/c1-3-7-11-9(5-1)10-6-2-4-8-12(10)13-11;/h1-3,5-7,13H,4,8H2;1H. The zero-order chi connectivity index (χ0) is 8.67. The number of aromatic amines is 1. The number of aromatic nitrogens is 1. The predicted molar refractivity (Wildman–Crippen MR) is 57.8 cm³/mol. The zero-order valence-electron chi connectivity index (χ0n) is 7.38. The number of allylic oxidation sites excluding steroid dienone is 1. The fourth-order valence-electron chi connectivity index (χ4n) is 2.04. The lowest BCUT2D eigenvalue weighted by Gasteiger charge is -2.03. The molecule has 2 aromatic rings. The van der Waals surface area contributed by atoms with Crippen molar-refractivity contribution in [3.05, 3.63) is 41.6 Å². The molecule has 1 heterocycles. The molecule has 3 rings (SSSR count). The molecule has 0 spiro atoms. The second kappa shape index (κ2) is 2.49. The minimum Gasteiger partial charge on any atom is -0.358 e. The second-order valence-electron chi connectivity index (χ2n) is 3.50. The molecule has 13 heavy (non-hydrogen) atoms. The molecule has 0 radical (unpaired) electrons. The lowest BCUT2D eigenvalue weighted by atomic mass is 10.0. The van der Waals surface area contributed by atoms with Gasteiger partial charge >= 0.3 is 0 Å². The van der Waals surface area contributed by atoms with Crippen LogP contribution in [-0.2, 0) is 6.42 Å². The first-order valence-corrected chi connectivity index (χ1v) is 4.71. The number of H-pyrrole nitrogens is 1. The Hall–Kier alpha value is -1.50. The van der Waals surface area contributed by atoms with Crippen LogP contribution in [0.5, 0.6) is 0 Å². The average molecular weight is 171 g/mol. The fourth-order valence-corrected chi connectivity index (χ4v) is 2.04. The molecule has 1 aliphatic carbocycles. The summed E-state index contributed by atoms with van der Waals surface area (Å²) in [5, 5.41) is 1.36. The van der Waals surface area contributed by atoms with Crippen molar-refractivity contribution in [1.82, 2.24) is 4.98 Å². The van der Waals surface area contributed by atoms with Gasteiger partial charge in [-0.25, -0.2) is 0 Å². The lowest BCUT2D eigenvalue weighted by Crippen LogP contribution is -1.90. The summed E-state index contributed by atoms with van der Waals surface area (Å²) in [5.41, 5.74) is 4.05. The number of hydrogen-bond acceptors (Lipinski definition) is 0. The highest BCUT2D eigenvalue weighted by molar-refractivity contribution is 5.90. The molecule has 0 amide bonds. The van der Waals surface area contributed by atoms with E-state index in [9.17, 15) is 0 Å². The summed E-state index contributed by atoms with van der Waals surface area (Å²) in [7, 11) is 0. The van der Waals surface area contributed by atoms with Crippen LogP contribution >= 0.6 is 0 Å². The van der Waals surface area contributed by atoms with Crippen molar-refractivity contribution in [2.45, 2.75) is 12.8 Å². The van der Waals surface area contributed by atoms with Crippen molar-refractivity contribution < 1.29 is 1.43 Å². The van der Waals surface area contributed by atoms with Gasteiger partial charge in [-0.3, -0.25) is 0 Å². The minimum atomic E-state index is 0. The van der Waals surface area contributed by atoms with Gasteiger partial charge in [-0.1, -0.05) is 30.4 Å². The van der Waals surface area contributed by atoms with Gasteiger partial charge in [-0.05, 0) is 18.9 Å². The maximum atomic E-state index is 3.46. The molecular weight excluding hydrogens is 158 g/mol. The maximum Gasteiger partial charge on any atom is 0.0462 e. The van der Waals surface area contributed by atoms with E-state index in [1.165, 1.54) is 28.6 Å². The quantitative estimate of drug-likeness (QED) is 0.625. The molecule has 0 aliphatic heterocycles. The highest BCUT2D eigenvalue weighted by Gasteiger charge is 2.09. The van der Waals surface area contributed by atoms with Crippen LogP contribution in [0.1, 0.15) is 19.1 Å². The number of para-hydroxylation sites is 1. The van der Waals surface area contributed by atoms with Crippen LogP contribution in [0.2, 0.25) is 0 Å². The Morgan fingerprint density at radius 1 is 1.23 bits per heavy atom. The van der Waals surface area contributed by atoms with Gasteiger partial charge in [0, 0.05) is 23.6 Å². The van der Waals surface area contributed by atoms with Crippen LogP contribution in [0.15, 0.2) is 30.3 Å². The summed E-state index contributed by atoms with van der Waals surface area (Å²) in [6, 6.07) is 8.49. The fraction of sp³-hybridized carbons (Fsp3) is 0.167. The van der Waals surface area contributed by atoms with Gasteiger partial charge in [-0.15, -0.1) is 0 Å². The third-order valence-corrected chi connectivity index (χ3v) is 2.67. The smallest absolute Gasteiger partial charge is 0.0462 e. The third-order valence-electron chi connectivity index (χ3n) is 2.67. The van der Waals surface area contributed by atoms with E-state index in [0.717, 1.165) is 6.42 Å². The van der Waals surface area contributed by atoms with E-state index < -0.39 is 0 Å². The summed E-state index contributed by atoms with van der Waals surface area (Å²) in [6.45, 7) is 0. The first-order valence-electron chi connectivity index (χ1n) is 4.71. The second-order valence-corrected chi connectivity index (χ2v) is 3.50. The largest absolute Gasteiger partial charge is 0.358 e. The van der Waals surface area contributed by atoms with Gasteiger partial charge in [0.05, 0.1) is 0 Å². The summed E-state index contributed by atoms with van der Waals surface area (Å²) in [5.74, 6) is 0. The Morgan fingerprint density at radius 3 is 3.15 bits per heavy atom. The number of aryl methyl sites for hydroxylation is 1. The number of rotatable bonds is 0. The molecule has 66 valence electrons. The van der Waals surface area contributed by atoms with Crippen LogP contribution in [0.25, 0.3) is 17.0 Å². The monoisotopic (exact) mass is 171 g/mol. The normalized spacial score (nSPS) is 14.8. The van der Waals surface area contributed by atoms with Crippen LogP contribution in [0, 0.1) is 0 Å². The molecular formula is C12H13N. The molecule has 1 aliphatic rings. The molecule has 0 unspecified atom stereocenters. The van der Waals surface area contributed by atoms with Crippen LogP contribution in [0.3, 0.4) is 0 Å². The molecule has 1 aromatic heterocycles. The van der Waals surface area contributed by atoms with E-state index in [4.69, 9.17) is 0 Å². The predicted octanol–water partition coefficient (Wildman–Crippen LogP) is 3.37. The van der Waals surface area contributed by atoms with Gasteiger partial charge < -0.3 is 4.98 Å². The van der Waals surface area contributed by atoms with Gasteiger partial charge in [0.25, 0.3) is 0 Å². The SMILES string of the molecule is C1=Cc2c([nH]c3ccccc23)CC1.[HH]. The number of nitrogens with one attached hydrogen (secondary N) is 1. The molecule has 0 saturated heterocycles. The Kier molecular flexibility index (Phi) is 1.33. The van der Waals surface area contributed by atoms with Gasteiger partial charge in [0.2, 0.25) is 0 Å². The van der Waals surface area contributed by atoms with E-state index >= 15 is 0 Å². The first-order chi connectivity index (χ1) is 6.45. The van der Waals surface area contributed by atoms with Crippen molar-refractivity contribution >= 4 is 17.0 Å². The van der Waals surface area contributed by atoms with E-state index in [1.807, 2.05) is 0 Å². The molecule has 0 saturated carbocycles. The van der Waals surface area contributed by atoms with Crippen LogP contribution in [-0.4, -0.2) is 4.98 Å². The summed E-state index contributed by atoms with van der Waals surface area (Å²) >= 11 is 0. The van der Waals surface area contributed by atoms with Crippen LogP contribution < -0.4 is 0 Å². The highest BCUT2D eigenvalue weighted by atomic mass is 14.7. The van der Waals surface area contributed by atoms with E-state index in [2.05, 4.69) is 41.4 Å². The van der Waals surface area contributed by atoms with Crippen molar-refractivity contribution in [2.24, 2.45) is 0 Å². The van der Waals surface area contributed by atoms with Crippen molar-refractivity contribution in [2.75, 3.05) is 0 Å². The lowest BCUT2D eigenvalue weighted by molar-refractivity contribution is 0.951. The van der Waals surface area contributed by atoms with E-state index in [0.29, 0.717) is 0 Å². The Morgan fingerprint density at radius 2 is 2.15 bits per heavy atom. The minimum absolute atomic E-state index is 0. The molecule has 0 atom stereocenters. The third kappa shape index (κ3) is 0.934. The van der Waals surface area contributed by atoms with Crippen molar-refractivity contribution in [3.63, 3.8) is 0 Å². The summed E-state index contributed by atoms with van der Waals surface area (Å²) < 4.78 is 0. The number of benzene rings is 1. The Labute approximate surface area is 78.6 Å². The number of hydrogen-bond donors (Lipinski definition) is 1. The van der Waals surface area contributed by atoms with Gasteiger partial charge in [-0.2, -0.15) is 0 Å². The van der Waals surface area contributed by atoms with Gasteiger partial charge in [0.1, 0.15) is 0 Å². The zero-order valence-corrected chi connectivity index (χ0v) is 7.38.